The van der Waals surface area contributed by atoms with Gasteiger partial charge in [0.25, 0.3) is 0 Å². The van der Waals surface area contributed by atoms with Crippen molar-refractivity contribution >= 4 is 22.6 Å². The maximum atomic E-state index is 12.9. The Morgan fingerprint density at radius 2 is 2.09 bits per heavy atom. The van der Waals surface area contributed by atoms with E-state index < -0.39 is 0 Å². The summed E-state index contributed by atoms with van der Waals surface area (Å²) in [5.74, 6) is 0.385. The Morgan fingerprint density at radius 3 is 2.74 bits per heavy atom. The first kappa shape index (κ1) is 17.3. The maximum Gasteiger partial charge on any atom is 0.239 e. The van der Waals surface area contributed by atoms with Crippen molar-refractivity contribution in [2.45, 2.75) is 32.7 Å². The minimum absolute atomic E-state index is 0.0304. The number of nitrogens with zero attached hydrogens (tertiary/aromatic N) is 3. The summed E-state index contributed by atoms with van der Waals surface area (Å²) in [6.07, 6.45) is 1.44. The standard InChI is InChI=1S/C16H21FN4OS/c1-4-11(2)18-15(22)10-21(3)16-19-14(20-23-16)9-12-5-7-13(17)8-6-12/h5-8,11H,4,9-10H2,1-3H3,(H,18,22)/t11-/m0/s1. The Kier molecular flexibility index (Phi) is 6.04. The van der Waals surface area contributed by atoms with Crippen LogP contribution in [-0.2, 0) is 11.2 Å². The van der Waals surface area contributed by atoms with Crippen molar-refractivity contribution in [3.8, 4) is 0 Å². The van der Waals surface area contributed by atoms with Crippen LogP contribution < -0.4 is 10.2 Å². The predicted molar refractivity (Wildman–Crippen MR) is 90.3 cm³/mol. The first-order valence-corrected chi connectivity index (χ1v) is 8.32. The zero-order chi connectivity index (χ0) is 16.8. The molecule has 0 aliphatic rings. The summed E-state index contributed by atoms with van der Waals surface area (Å²) in [7, 11) is 1.82. The number of hydrogen-bond donors (Lipinski definition) is 1. The zero-order valence-electron chi connectivity index (χ0n) is 13.5. The van der Waals surface area contributed by atoms with Gasteiger partial charge in [-0.25, -0.2) is 9.37 Å². The van der Waals surface area contributed by atoms with Crippen LogP contribution in [0.2, 0.25) is 0 Å². The van der Waals surface area contributed by atoms with Gasteiger partial charge >= 0.3 is 0 Å². The average molecular weight is 336 g/mol. The van der Waals surface area contributed by atoms with Crippen LogP contribution in [0.4, 0.5) is 9.52 Å². The number of carbonyl (C=O) groups excluding carboxylic acids is 1. The fraction of sp³-hybridized carbons (Fsp3) is 0.438. The molecule has 1 atom stereocenters. The van der Waals surface area contributed by atoms with Crippen molar-refractivity contribution in [2.24, 2.45) is 0 Å². The van der Waals surface area contributed by atoms with Gasteiger partial charge in [-0.3, -0.25) is 4.79 Å². The van der Waals surface area contributed by atoms with Crippen molar-refractivity contribution in [2.75, 3.05) is 18.5 Å². The van der Waals surface area contributed by atoms with Gasteiger partial charge in [-0.2, -0.15) is 4.37 Å². The molecule has 1 aromatic carbocycles. The molecule has 5 nitrogen and oxygen atoms in total. The molecule has 0 radical (unpaired) electrons. The van der Waals surface area contributed by atoms with E-state index >= 15 is 0 Å². The van der Waals surface area contributed by atoms with Crippen molar-refractivity contribution < 1.29 is 9.18 Å². The minimum Gasteiger partial charge on any atom is -0.352 e. The Bertz CT molecular complexity index is 644. The number of aromatic nitrogens is 2. The molecule has 2 rings (SSSR count). The molecule has 0 bridgehead atoms. The van der Waals surface area contributed by atoms with Gasteiger partial charge in [-0.05, 0) is 31.0 Å². The molecule has 1 N–H and O–H groups in total. The van der Waals surface area contributed by atoms with Crippen LogP contribution in [0.15, 0.2) is 24.3 Å². The first-order valence-electron chi connectivity index (χ1n) is 7.55. The van der Waals surface area contributed by atoms with Gasteiger partial charge in [0.15, 0.2) is 0 Å². The third-order valence-electron chi connectivity index (χ3n) is 3.46. The Morgan fingerprint density at radius 1 is 1.39 bits per heavy atom. The van der Waals surface area contributed by atoms with E-state index in [1.54, 1.807) is 17.0 Å². The van der Waals surface area contributed by atoms with Crippen LogP contribution in [0.1, 0.15) is 31.7 Å². The lowest BCUT2D eigenvalue weighted by molar-refractivity contribution is -0.120. The van der Waals surface area contributed by atoms with E-state index in [1.807, 2.05) is 20.9 Å². The number of rotatable bonds is 7. The molecule has 0 fully saturated rings. The fourth-order valence-corrected chi connectivity index (χ4v) is 2.60. The molecule has 1 heterocycles. The second-order valence-corrected chi connectivity index (χ2v) is 6.26. The molecule has 2 aromatic rings. The highest BCUT2D eigenvalue weighted by molar-refractivity contribution is 7.09. The number of likely N-dealkylation sites (N-methyl/N-ethyl adjacent to an activating group) is 1. The molecule has 0 saturated heterocycles. The van der Waals surface area contributed by atoms with E-state index in [4.69, 9.17) is 0 Å². The fourth-order valence-electron chi connectivity index (χ4n) is 1.96. The minimum atomic E-state index is -0.257. The number of nitrogens with one attached hydrogen (secondary N) is 1. The molecule has 124 valence electrons. The number of hydrogen-bond acceptors (Lipinski definition) is 5. The van der Waals surface area contributed by atoms with E-state index in [1.165, 1.54) is 23.7 Å². The highest BCUT2D eigenvalue weighted by Crippen LogP contribution is 2.17. The van der Waals surface area contributed by atoms with Crippen molar-refractivity contribution in [1.82, 2.24) is 14.7 Å². The summed E-state index contributed by atoms with van der Waals surface area (Å²) < 4.78 is 17.2. The molecular formula is C16H21FN4OS. The molecule has 23 heavy (non-hydrogen) atoms. The third kappa shape index (κ3) is 5.28. The lowest BCUT2D eigenvalue weighted by atomic mass is 10.1. The van der Waals surface area contributed by atoms with Gasteiger partial charge in [0.2, 0.25) is 11.0 Å². The van der Waals surface area contributed by atoms with Crippen molar-refractivity contribution in [1.29, 1.82) is 0 Å². The van der Waals surface area contributed by atoms with E-state index in [9.17, 15) is 9.18 Å². The normalized spacial score (nSPS) is 12.0. The largest absolute Gasteiger partial charge is 0.352 e. The summed E-state index contributed by atoms with van der Waals surface area (Å²) in [4.78, 5) is 18.1. The van der Waals surface area contributed by atoms with Crippen LogP contribution in [0.25, 0.3) is 0 Å². The number of benzene rings is 1. The predicted octanol–water partition coefficient (Wildman–Crippen LogP) is 2.62. The summed E-state index contributed by atoms with van der Waals surface area (Å²) in [6.45, 7) is 4.25. The van der Waals surface area contributed by atoms with Gasteiger partial charge in [-0.15, -0.1) is 0 Å². The highest BCUT2D eigenvalue weighted by atomic mass is 32.1. The molecule has 0 aliphatic carbocycles. The summed E-state index contributed by atoms with van der Waals surface area (Å²) in [5.41, 5.74) is 0.952. The van der Waals surface area contributed by atoms with Gasteiger partial charge in [-0.1, -0.05) is 19.1 Å². The van der Waals surface area contributed by atoms with E-state index in [-0.39, 0.29) is 24.3 Å². The molecular weight excluding hydrogens is 315 g/mol. The Hall–Kier alpha value is -2.02. The molecule has 7 heteroatoms. The van der Waals surface area contributed by atoms with E-state index in [0.29, 0.717) is 17.4 Å². The maximum absolute atomic E-state index is 12.9. The summed E-state index contributed by atoms with van der Waals surface area (Å²) >= 11 is 1.26. The number of carbonyl (C=O) groups is 1. The van der Waals surface area contributed by atoms with Crippen LogP contribution in [0, 0.1) is 5.82 Å². The summed E-state index contributed by atoms with van der Waals surface area (Å²) in [5, 5.41) is 3.62. The molecule has 0 aliphatic heterocycles. The SMILES string of the molecule is CC[C@H](C)NC(=O)CN(C)c1nc(Cc2ccc(F)cc2)ns1. The molecule has 0 unspecified atom stereocenters. The van der Waals surface area contributed by atoms with Crippen molar-refractivity contribution in [3.63, 3.8) is 0 Å². The van der Waals surface area contributed by atoms with Crippen LogP contribution in [-0.4, -0.2) is 34.9 Å². The second kappa shape index (κ2) is 8.01. The number of halogens is 1. The zero-order valence-corrected chi connectivity index (χ0v) is 14.4. The van der Waals surface area contributed by atoms with Gasteiger partial charge in [0, 0.05) is 31.0 Å². The van der Waals surface area contributed by atoms with Gasteiger partial charge < -0.3 is 10.2 Å². The van der Waals surface area contributed by atoms with Crippen molar-refractivity contribution in [3.05, 3.63) is 41.5 Å². The van der Waals surface area contributed by atoms with Crippen LogP contribution >= 0.6 is 11.5 Å². The molecule has 0 saturated carbocycles. The average Bonchev–Trinajstić information content (AvgIpc) is 2.98. The Balaban J connectivity index is 1.92. The third-order valence-corrected chi connectivity index (χ3v) is 4.33. The number of anilines is 1. The van der Waals surface area contributed by atoms with E-state index in [0.717, 1.165) is 12.0 Å². The second-order valence-electron chi connectivity index (χ2n) is 5.53. The van der Waals surface area contributed by atoms with Crippen LogP contribution in [0.5, 0.6) is 0 Å². The smallest absolute Gasteiger partial charge is 0.239 e. The monoisotopic (exact) mass is 336 g/mol. The van der Waals surface area contributed by atoms with Crippen LogP contribution in [0.3, 0.4) is 0 Å². The number of amides is 1. The first-order chi connectivity index (χ1) is 11.0. The summed E-state index contributed by atoms with van der Waals surface area (Å²) in [6, 6.07) is 6.46. The Labute approximate surface area is 139 Å². The lowest BCUT2D eigenvalue weighted by Crippen LogP contribution is -2.39. The highest BCUT2D eigenvalue weighted by Gasteiger charge is 2.13. The topological polar surface area (TPSA) is 58.1 Å². The van der Waals surface area contributed by atoms with E-state index in [2.05, 4.69) is 14.7 Å². The lowest BCUT2D eigenvalue weighted by Gasteiger charge is -2.17. The molecule has 0 spiro atoms. The van der Waals surface area contributed by atoms with Gasteiger partial charge in [0.1, 0.15) is 11.6 Å². The van der Waals surface area contributed by atoms with Gasteiger partial charge in [0.05, 0.1) is 6.54 Å². The quantitative estimate of drug-likeness (QED) is 0.844. The molecule has 1 aromatic heterocycles. The molecule has 1 amide bonds.